The van der Waals surface area contributed by atoms with E-state index in [0.29, 0.717) is 5.56 Å². The summed E-state index contributed by atoms with van der Waals surface area (Å²) < 4.78 is 5.60. The lowest BCUT2D eigenvalue weighted by Gasteiger charge is -2.17. The molecule has 0 aliphatic rings. The van der Waals surface area contributed by atoms with E-state index in [2.05, 4.69) is 0 Å². The van der Waals surface area contributed by atoms with Crippen LogP contribution in [0.2, 0.25) is 0 Å². The third-order valence-corrected chi connectivity index (χ3v) is 3.06. The van der Waals surface area contributed by atoms with Crippen LogP contribution in [-0.4, -0.2) is 10.7 Å². The van der Waals surface area contributed by atoms with Gasteiger partial charge in [-0.15, -0.1) is 0 Å². The molecule has 0 aliphatic carbocycles. The Morgan fingerprint density at radius 1 is 1.14 bits per heavy atom. The molecule has 0 amide bonds. The largest absolute Gasteiger partial charge is 0.471 e. The van der Waals surface area contributed by atoms with E-state index in [1.807, 2.05) is 19.1 Å². The molecule has 0 saturated carbocycles. The van der Waals surface area contributed by atoms with Crippen molar-refractivity contribution in [3.63, 3.8) is 0 Å². The average molecular weight is 285 g/mol. The molecule has 0 radical (unpaired) electrons. The molecule has 0 saturated heterocycles. The number of hydrogen-bond acceptors (Lipinski definition) is 4. The lowest BCUT2D eigenvalue weighted by molar-refractivity contribution is -0.386. The first kappa shape index (κ1) is 14.7. The third-order valence-electron chi connectivity index (χ3n) is 3.06. The highest BCUT2D eigenvalue weighted by atomic mass is 16.6. The zero-order valence-electron chi connectivity index (χ0n) is 11.8. The van der Waals surface area contributed by atoms with Crippen molar-refractivity contribution < 1.29 is 14.5 Å². The molecule has 108 valence electrons. The second kappa shape index (κ2) is 6.17. The number of nitro groups is 1. The van der Waals surface area contributed by atoms with Crippen molar-refractivity contribution in [2.75, 3.05) is 0 Å². The molecular weight excluding hydrogens is 270 g/mol. The Bertz CT molecular complexity index is 664. The van der Waals surface area contributed by atoms with Crippen LogP contribution in [0.1, 0.15) is 24.2 Å². The molecule has 2 aromatic carbocycles. The number of para-hydroxylation sites is 2. The van der Waals surface area contributed by atoms with E-state index >= 15 is 0 Å². The van der Waals surface area contributed by atoms with Gasteiger partial charge in [-0.05, 0) is 25.5 Å². The van der Waals surface area contributed by atoms with Crippen LogP contribution in [0, 0.1) is 17.0 Å². The second-order valence-electron chi connectivity index (χ2n) is 4.74. The van der Waals surface area contributed by atoms with Crippen LogP contribution in [-0.2, 0) is 4.79 Å². The Balaban J connectivity index is 2.35. The average Bonchev–Trinajstić information content (AvgIpc) is 2.46. The number of Topliss-reactive ketones (excluding diaryl/α,β-unsaturated/α-hetero) is 1. The van der Waals surface area contributed by atoms with Crippen LogP contribution < -0.4 is 4.74 Å². The SMILES string of the molecule is CC(=O)C(Oc1ccccc1[N+](=O)[O-])c1ccc(C)cc1. The molecule has 1 unspecified atom stereocenters. The van der Waals surface area contributed by atoms with E-state index < -0.39 is 11.0 Å². The van der Waals surface area contributed by atoms with Crippen LogP contribution in [0.4, 0.5) is 5.69 Å². The van der Waals surface area contributed by atoms with Crippen molar-refractivity contribution >= 4 is 11.5 Å². The number of carbonyl (C=O) groups excluding carboxylic acids is 1. The van der Waals surface area contributed by atoms with E-state index in [9.17, 15) is 14.9 Å². The normalized spacial score (nSPS) is 11.7. The summed E-state index contributed by atoms with van der Waals surface area (Å²) in [6, 6.07) is 13.3. The van der Waals surface area contributed by atoms with Gasteiger partial charge in [-0.3, -0.25) is 14.9 Å². The van der Waals surface area contributed by atoms with Gasteiger partial charge in [0.1, 0.15) is 0 Å². The highest BCUT2D eigenvalue weighted by Crippen LogP contribution is 2.31. The minimum atomic E-state index is -0.855. The van der Waals surface area contributed by atoms with Gasteiger partial charge in [0.2, 0.25) is 0 Å². The van der Waals surface area contributed by atoms with E-state index in [4.69, 9.17) is 4.74 Å². The van der Waals surface area contributed by atoms with Gasteiger partial charge < -0.3 is 4.74 Å². The minimum absolute atomic E-state index is 0.0864. The summed E-state index contributed by atoms with van der Waals surface area (Å²) in [5.74, 6) is -0.125. The maximum atomic E-state index is 11.8. The van der Waals surface area contributed by atoms with Gasteiger partial charge in [-0.2, -0.15) is 0 Å². The molecule has 2 rings (SSSR count). The van der Waals surface area contributed by atoms with Gasteiger partial charge >= 0.3 is 5.69 Å². The number of aryl methyl sites for hydroxylation is 1. The number of benzene rings is 2. The number of ketones is 1. The Labute approximate surface area is 122 Å². The van der Waals surface area contributed by atoms with Crippen molar-refractivity contribution in [2.24, 2.45) is 0 Å². The fourth-order valence-corrected chi connectivity index (χ4v) is 1.96. The predicted octanol–water partition coefficient (Wildman–Crippen LogP) is 3.61. The van der Waals surface area contributed by atoms with Crippen molar-refractivity contribution in [3.05, 3.63) is 69.8 Å². The van der Waals surface area contributed by atoms with E-state index in [1.165, 1.54) is 19.1 Å². The maximum Gasteiger partial charge on any atom is 0.310 e. The number of rotatable bonds is 5. The van der Waals surface area contributed by atoms with Crippen LogP contribution in [0.3, 0.4) is 0 Å². The third kappa shape index (κ3) is 3.45. The fraction of sp³-hybridized carbons (Fsp3) is 0.188. The molecule has 0 bridgehead atoms. The molecule has 21 heavy (non-hydrogen) atoms. The van der Waals surface area contributed by atoms with Gasteiger partial charge in [0.25, 0.3) is 0 Å². The molecule has 0 heterocycles. The molecular formula is C16H15NO4. The van der Waals surface area contributed by atoms with Crippen molar-refractivity contribution in [2.45, 2.75) is 20.0 Å². The van der Waals surface area contributed by atoms with Crippen LogP contribution in [0.15, 0.2) is 48.5 Å². The Hall–Kier alpha value is -2.69. The summed E-state index contributed by atoms with van der Waals surface area (Å²) in [5.41, 5.74) is 1.58. The highest BCUT2D eigenvalue weighted by Gasteiger charge is 2.23. The summed E-state index contributed by atoms with van der Waals surface area (Å²) in [7, 11) is 0. The van der Waals surface area contributed by atoms with Crippen LogP contribution in [0.5, 0.6) is 5.75 Å². The molecule has 5 nitrogen and oxygen atoms in total. The standard InChI is InChI=1S/C16H15NO4/c1-11-7-9-13(10-8-11)16(12(2)18)21-15-6-4-3-5-14(15)17(19)20/h3-10,16H,1-2H3. The number of nitro benzene ring substituents is 1. The molecule has 0 N–H and O–H groups in total. The zero-order chi connectivity index (χ0) is 15.4. The predicted molar refractivity (Wildman–Crippen MR) is 78.3 cm³/mol. The monoisotopic (exact) mass is 285 g/mol. The van der Waals surface area contributed by atoms with Gasteiger partial charge in [0, 0.05) is 6.07 Å². The van der Waals surface area contributed by atoms with E-state index in [0.717, 1.165) is 5.56 Å². The molecule has 0 fully saturated rings. The number of nitrogens with zero attached hydrogens (tertiary/aromatic N) is 1. The quantitative estimate of drug-likeness (QED) is 0.621. The molecule has 0 aliphatic heterocycles. The zero-order valence-corrected chi connectivity index (χ0v) is 11.8. The minimum Gasteiger partial charge on any atom is -0.471 e. The lowest BCUT2D eigenvalue weighted by Crippen LogP contribution is -2.16. The summed E-state index contributed by atoms with van der Waals surface area (Å²) in [6.45, 7) is 3.34. The van der Waals surface area contributed by atoms with Gasteiger partial charge in [-0.1, -0.05) is 42.0 Å². The van der Waals surface area contributed by atoms with Crippen molar-refractivity contribution in [3.8, 4) is 5.75 Å². The number of ether oxygens (including phenoxy) is 1. The molecule has 2 aromatic rings. The summed E-state index contributed by atoms with van der Waals surface area (Å²) in [6.07, 6.45) is -0.855. The maximum absolute atomic E-state index is 11.8. The lowest BCUT2D eigenvalue weighted by atomic mass is 10.0. The molecule has 1 atom stereocenters. The van der Waals surface area contributed by atoms with Gasteiger partial charge in [0.15, 0.2) is 17.6 Å². The van der Waals surface area contributed by atoms with Gasteiger partial charge in [-0.25, -0.2) is 0 Å². The van der Waals surface area contributed by atoms with Gasteiger partial charge in [0.05, 0.1) is 4.92 Å². The molecule has 5 heteroatoms. The first-order valence-electron chi connectivity index (χ1n) is 6.46. The Kier molecular flexibility index (Phi) is 4.33. The first-order valence-corrected chi connectivity index (χ1v) is 6.46. The van der Waals surface area contributed by atoms with Crippen LogP contribution in [0.25, 0.3) is 0 Å². The first-order chi connectivity index (χ1) is 9.99. The molecule has 0 spiro atoms. The molecule has 0 aromatic heterocycles. The second-order valence-corrected chi connectivity index (χ2v) is 4.74. The number of hydrogen-bond donors (Lipinski definition) is 0. The Morgan fingerprint density at radius 3 is 2.33 bits per heavy atom. The van der Waals surface area contributed by atoms with Crippen molar-refractivity contribution in [1.29, 1.82) is 0 Å². The topological polar surface area (TPSA) is 69.4 Å². The fourth-order valence-electron chi connectivity index (χ4n) is 1.96. The van der Waals surface area contributed by atoms with Crippen molar-refractivity contribution in [1.82, 2.24) is 0 Å². The Morgan fingerprint density at radius 2 is 1.76 bits per heavy atom. The van der Waals surface area contributed by atoms with Crippen LogP contribution >= 0.6 is 0 Å². The summed E-state index contributed by atoms with van der Waals surface area (Å²) in [5, 5.41) is 11.0. The van der Waals surface area contributed by atoms with E-state index in [-0.39, 0.29) is 17.2 Å². The smallest absolute Gasteiger partial charge is 0.310 e. The summed E-state index contributed by atoms with van der Waals surface area (Å²) in [4.78, 5) is 22.3. The highest BCUT2D eigenvalue weighted by molar-refractivity contribution is 5.82. The van der Waals surface area contributed by atoms with E-state index in [1.54, 1.807) is 24.3 Å². The number of carbonyl (C=O) groups is 1. The summed E-state index contributed by atoms with van der Waals surface area (Å²) >= 11 is 0.